The summed E-state index contributed by atoms with van der Waals surface area (Å²) in [5.74, 6) is 0. The van der Waals surface area contributed by atoms with Crippen LogP contribution in [0, 0.1) is 13.8 Å². The number of halogens is 1. The van der Waals surface area contributed by atoms with Crippen LogP contribution in [0.5, 0.6) is 0 Å². The molecule has 0 aromatic heterocycles. The third-order valence-corrected chi connectivity index (χ3v) is 4.16. The first-order chi connectivity index (χ1) is 10.0. The summed E-state index contributed by atoms with van der Waals surface area (Å²) in [6.07, 6.45) is 1.85. The molecule has 0 radical (unpaired) electrons. The summed E-state index contributed by atoms with van der Waals surface area (Å²) in [6.45, 7) is 6.08. The molecule has 0 bridgehead atoms. The first kappa shape index (κ1) is 15.6. The van der Waals surface area contributed by atoms with Crippen LogP contribution in [0.1, 0.15) is 46.4 Å². The van der Waals surface area contributed by atoms with Gasteiger partial charge in [0.05, 0.1) is 6.04 Å². The van der Waals surface area contributed by atoms with Gasteiger partial charge in [-0.3, -0.25) is 4.79 Å². The van der Waals surface area contributed by atoms with E-state index in [0.29, 0.717) is 0 Å². The summed E-state index contributed by atoms with van der Waals surface area (Å²) >= 11 is 6.09. The van der Waals surface area contributed by atoms with Gasteiger partial charge in [0.15, 0.2) is 0 Å². The number of hydrogen-bond acceptors (Lipinski definition) is 2. The summed E-state index contributed by atoms with van der Waals surface area (Å²) in [6, 6.07) is 12.2. The minimum atomic E-state index is 0.197. The number of aryl methyl sites for hydroxylation is 2. The fourth-order valence-corrected chi connectivity index (χ4v) is 2.48. The number of benzene rings is 2. The van der Waals surface area contributed by atoms with Crippen molar-refractivity contribution >= 4 is 23.6 Å². The van der Waals surface area contributed by atoms with E-state index in [-0.39, 0.29) is 6.04 Å². The van der Waals surface area contributed by atoms with Gasteiger partial charge in [-0.2, -0.15) is 0 Å². The molecule has 110 valence electrons. The highest BCUT2D eigenvalue weighted by atomic mass is 35.5. The lowest BCUT2D eigenvalue weighted by atomic mass is 10.0. The van der Waals surface area contributed by atoms with Crippen LogP contribution in [0.25, 0.3) is 0 Å². The fraction of sp³-hybridized carbons (Fsp3) is 0.278. The standard InChI is InChI=1S/C18H20ClNO/c1-4-18(14-6-8-17(19)13(3)9-14)20-16-7-5-12(2)15(10-16)11-21/h5-11,18,20H,4H2,1-3H3/t18-/m0/s1. The van der Waals surface area contributed by atoms with Crippen molar-refractivity contribution < 1.29 is 4.79 Å². The molecule has 2 nitrogen and oxygen atoms in total. The number of rotatable bonds is 5. The molecule has 0 fully saturated rings. The Hall–Kier alpha value is -1.80. The molecular formula is C18H20ClNO. The third-order valence-electron chi connectivity index (χ3n) is 3.74. The summed E-state index contributed by atoms with van der Waals surface area (Å²) in [5, 5.41) is 4.28. The lowest BCUT2D eigenvalue weighted by molar-refractivity contribution is 0.112. The number of carbonyl (C=O) groups is 1. The molecule has 2 rings (SSSR count). The van der Waals surface area contributed by atoms with Crippen LogP contribution in [0.15, 0.2) is 36.4 Å². The zero-order valence-corrected chi connectivity index (χ0v) is 13.4. The van der Waals surface area contributed by atoms with Crippen LogP contribution in [0.3, 0.4) is 0 Å². The second kappa shape index (κ2) is 6.77. The van der Waals surface area contributed by atoms with Crippen molar-refractivity contribution in [3.05, 3.63) is 63.7 Å². The van der Waals surface area contributed by atoms with E-state index < -0.39 is 0 Å². The van der Waals surface area contributed by atoms with Crippen molar-refractivity contribution in [2.45, 2.75) is 33.2 Å². The molecule has 2 aromatic rings. The van der Waals surface area contributed by atoms with Gasteiger partial charge in [0.2, 0.25) is 0 Å². The summed E-state index contributed by atoms with van der Waals surface area (Å²) < 4.78 is 0. The third kappa shape index (κ3) is 3.64. The van der Waals surface area contributed by atoms with Crippen LogP contribution in [0.2, 0.25) is 5.02 Å². The van der Waals surface area contributed by atoms with Gasteiger partial charge in [-0.15, -0.1) is 0 Å². The maximum atomic E-state index is 11.0. The first-order valence-electron chi connectivity index (χ1n) is 7.13. The number of hydrogen-bond donors (Lipinski definition) is 1. The Morgan fingerprint density at radius 3 is 2.52 bits per heavy atom. The van der Waals surface area contributed by atoms with E-state index >= 15 is 0 Å². The summed E-state index contributed by atoms with van der Waals surface area (Å²) in [7, 11) is 0. The van der Waals surface area contributed by atoms with E-state index in [2.05, 4.69) is 18.3 Å². The number of carbonyl (C=O) groups excluding carboxylic acids is 1. The van der Waals surface area contributed by atoms with Crippen LogP contribution in [-0.4, -0.2) is 6.29 Å². The highest BCUT2D eigenvalue weighted by molar-refractivity contribution is 6.31. The summed E-state index contributed by atoms with van der Waals surface area (Å²) in [5.41, 5.74) is 4.95. The van der Waals surface area contributed by atoms with Crippen molar-refractivity contribution in [1.29, 1.82) is 0 Å². The Bertz CT molecular complexity index is 652. The van der Waals surface area contributed by atoms with E-state index in [9.17, 15) is 4.79 Å². The summed E-state index contributed by atoms with van der Waals surface area (Å²) in [4.78, 5) is 11.0. The highest BCUT2D eigenvalue weighted by Gasteiger charge is 2.11. The topological polar surface area (TPSA) is 29.1 Å². The molecular weight excluding hydrogens is 282 g/mol. The minimum Gasteiger partial charge on any atom is -0.378 e. The molecule has 0 saturated heterocycles. The van der Waals surface area contributed by atoms with E-state index in [0.717, 1.165) is 40.1 Å². The Morgan fingerprint density at radius 2 is 1.90 bits per heavy atom. The molecule has 0 unspecified atom stereocenters. The van der Waals surface area contributed by atoms with Crippen LogP contribution in [-0.2, 0) is 0 Å². The van der Waals surface area contributed by atoms with Crippen LogP contribution >= 0.6 is 11.6 Å². The Balaban J connectivity index is 2.26. The Labute approximate surface area is 131 Å². The van der Waals surface area contributed by atoms with Gasteiger partial charge in [0.25, 0.3) is 0 Å². The first-order valence-corrected chi connectivity index (χ1v) is 7.51. The zero-order valence-electron chi connectivity index (χ0n) is 12.6. The minimum absolute atomic E-state index is 0.197. The SMILES string of the molecule is CC[C@H](Nc1ccc(C)c(C=O)c1)c1ccc(Cl)c(C)c1. The second-order valence-corrected chi connectivity index (χ2v) is 5.71. The van der Waals surface area contributed by atoms with Gasteiger partial charge in [-0.25, -0.2) is 0 Å². The average Bonchev–Trinajstić information content (AvgIpc) is 2.49. The van der Waals surface area contributed by atoms with Gasteiger partial charge in [0.1, 0.15) is 6.29 Å². The van der Waals surface area contributed by atoms with E-state index in [1.807, 2.05) is 44.2 Å². The van der Waals surface area contributed by atoms with Crippen molar-refractivity contribution in [1.82, 2.24) is 0 Å². The largest absolute Gasteiger partial charge is 0.378 e. The predicted molar refractivity (Wildman–Crippen MR) is 89.4 cm³/mol. The molecule has 0 spiro atoms. The maximum absolute atomic E-state index is 11.0. The quantitative estimate of drug-likeness (QED) is 0.756. The number of aldehydes is 1. The lowest BCUT2D eigenvalue weighted by Gasteiger charge is -2.20. The molecule has 0 aliphatic rings. The molecule has 3 heteroatoms. The second-order valence-electron chi connectivity index (χ2n) is 5.30. The van der Waals surface area contributed by atoms with Crippen molar-refractivity contribution in [3.8, 4) is 0 Å². The molecule has 0 heterocycles. The van der Waals surface area contributed by atoms with E-state index in [1.54, 1.807) is 0 Å². The maximum Gasteiger partial charge on any atom is 0.150 e. The molecule has 21 heavy (non-hydrogen) atoms. The number of anilines is 1. The van der Waals surface area contributed by atoms with Gasteiger partial charge < -0.3 is 5.32 Å². The Morgan fingerprint density at radius 1 is 1.14 bits per heavy atom. The predicted octanol–water partition coefficient (Wildman–Crippen LogP) is 5.33. The van der Waals surface area contributed by atoms with Crippen molar-refractivity contribution in [2.75, 3.05) is 5.32 Å². The van der Waals surface area contributed by atoms with Crippen LogP contribution < -0.4 is 5.32 Å². The smallest absolute Gasteiger partial charge is 0.150 e. The van der Waals surface area contributed by atoms with Crippen molar-refractivity contribution in [3.63, 3.8) is 0 Å². The highest BCUT2D eigenvalue weighted by Crippen LogP contribution is 2.26. The lowest BCUT2D eigenvalue weighted by Crippen LogP contribution is -2.10. The molecule has 1 atom stereocenters. The Kier molecular flexibility index (Phi) is 5.03. The monoisotopic (exact) mass is 301 g/mol. The molecule has 0 amide bonds. The van der Waals surface area contributed by atoms with Gasteiger partial charge in [-0.05, 0) is 55.2 Å². The zero-order chi connectivity index (χ0) is 15.4. The van der Waals surface area contributed by atoms with Gasteiger partial charge in [0, 0.05) is 16.3 Å². The molecule has 2 aromatic carbocycles. The van der Waals surface area contributed by atoms with Gasteiger partial charge in [-0.1, -0.05) is 36.7 Å². The number of nitrogens with one attached hydrogen (secondary N) is 1. The van der Waals surface area contributed by atoms with Crippen LogP contribution in [0.4, 0.5) is 5.69 Å². The van der Waals surface area contributed by atoms with Gasteiger partial charge >= 0.3 is 0 Å². The normalized spacial score (nSPS) is 12.0. The van der Waals surface area contributed by atoms with E-state index in [1.165, 1.54) is 5.56 Å². The molecule has 0 aliphatic carbocycles. The molecule has 1 N–H and O–H groups in total. The van der Waals surface area contributed by atoms with Crippen molar-refractivity contribution in [2.24, 2.45) is 0 Å². The van der Waals surface area contributed by atoms with E-state index in [4.69, 9.17) is 11.6 Å². The average molecular weight is 302 g/mol. The fourth-order valence-electron chi connectivity index (χ4n) is 2.36. The molecule has 0 aliphatic heterocycles. The molecule has 0 saturated carbocycles.